The minimum absolute atomic E-state index is 0.836. The lowest BCUT2D eigenvalue weighted by Gasteiger charge is -2.26. The highest BCUT2D eigenvalue weighted by molar-refractivity contribution is 5.90. The fourth-order valence-corrected chi connectivity index (χ4v) is 8.32. The molecule has 0 N–H and O–H groups in total. The van der Waals surface area contributed by atoms with E-state index in [2.05, 4.69) is 175 Å². The van der Waals surface area contributed by atoms with Crippen molar-refractivity contribution >= 4 is 39.1 Å². The lowest BCUT2D eigenvalue weighted by molar-refractivity contribution is 1.26. The highest BCUT2D eigenvalue weighted by Crippen LogP contribution is 2.40. The molecule has 0 amide bonds. The highest BCUT2D eigenvalue weighted by atomic mass is 15.1. The minimum atomic E-state index is 0.836. The van der Waals surface area contributed by atoms with Crippen molar-refractivity contribution in [1.29, 1.82) is 0 Å². The third-order valence-electron chi connectivity index (χ3n) is 11.4. The first-order valence-electron chi connectivity index (χ1n) is 21.1. The predicted molar refractivity (Wildman–Crippen MR) is 260 cm³/mol. The van der Waals surface area contributed by atoms with E-state index in [9.17, 15) is 0 Å². The molecule has 2 aromatic heterocycles. The smallest absolute Gasteiger partial charge is 0.0973 e. The zero-order valence-corrected chi connectivity index (χ0v) is 34.3. The van der Waals surface area contributed by atoms with Gasteiger partial charge >= 0.3 is 0 Å². The Morgan fingerprint density at radius 1 is 0.206 bits per heavy atom. The molecule has 0 aliphatic heterocycles. The Morgan fingerprint density at radius 2 is 0.492 bits per heavy atom. The Balaban J connectivity index is 0.978. The van der Waals surface area contributed by atoms with Crippen LogP contribution in [0.15, 0.2) is 237 Å². The van der Waals surface area contributed by atoms with E-state index in [0.29, 0.717) is 0 Å². The van der Waals surface area contributed by atoms with E-state index in [1.807, 2.05) is 66.7 Å². The quantitative estimate of drug-likeness (QED) is 0.145. The van der Waals surface area contributed by atoms with Gasteiger partial charge in [0.1, 0.15) is 0 Å². The van der Waals surface area contributed by atoms with Crippen molar-refractivity contribution in [2.24, 2.45) is 0 Å². The molecule has 11 aromatic rings. The number of fused-ring (bicyclic) bond motifs is 2. The first kappa shape index (κ1) is 37.5. The summed E-state index contributed by atoms with van der Waals surface area (Å²) >= 11 is 0. The summed E-state index contributed by atoms with van der Waals surface area (Å²) in [6, 6.07) is 82.0. The molecule has 296 valence electrons. The second-order valence-electron chi connectivity index (χ2n) is 15.5. The van der Waals surface area contributed by atoms with Gasteiger partial charge in [0.2, 0.25) is 0 Å². The van der Waals surface area contributed by atoms with Gasteiger partial charge in [0.05, 0.1) is 44.8 Å². The van der Waals surface area contributed by atoms with Crippen LogP contribution in [0.25, 0.3) is 89.4 Å². The molecule has 0 radical (unpaired) electrons. The first-order chi connectivity index (χ1) is 31.2. The van der Waals surface area contributed by atoms with Gasteiger partial charge in [-0.25, -0.2) is 19.9 Å². The summed E-state index contributed by atoms with van der Waals surface area (Å²) in [5.41, 5.74) is 18.5. The van der Waals surface area contributed by atoms with E-state index in [0.717, 1.165) is 106 Å². The molecule has 63 heavy (non-hydrogen) atoms. The van der Waals surface area contributed by atoms with Gasteiger partial charge in [0, 0.05) is 39.3 Å². The number of hydrogen-bond donors (Lipinski definition) is 0. The number of para-hydroxylation sites is 5. The van der Waals surface area contributed by atoms with Gasteiger partial charge < -0.3 is 4.90 Å². The molecule has 0 saturated carbocycles. The molecular formula is C58H39N5. The third kappa shape index (κ3) is 7.49. The lowest BCUT2D eigenvalue weighted by Crippen LogP contribution is -2.09. The maximum atomic E-state index is 5.23. The van der Waals surface area contributed by atoms with Crippen LogP contribution in [0.4, 0.5) is 17.1 Å². The molecule has 0 aliphatic carbocycles. The fraction of sp³-hybridized carbons (Fsp3) is 0. The van der Waals surface area contributed by atoms with Crippen LogP contribution in [0, 0.1) is 0 Å². The van der Waals surface area contributed by atoms with Crippen molar-refractivity contribution in [2.45, 2.75) is 0 Å². The number of benzene rings is 9. The van der Waals surface area contributed by atoms with Crippen molar-refractivity contribution < 1.29 is 0 Å². The zero-order valence-electron chi connectivity index (χ0n) is 34.3. The zero-order chi connectivity index (χ0) is 42.0. The molecule has 0 bridgehead atoms. The highest BCUT2D eigenvalue weighted by Gasteiger charge is 2.19. The molecule has 11 rings (SSSR count). The maximum absolute atomic E-state index is 5.23. The average molecular weight is 806 g/mol. The van der Waals surface area contributed by atoms with Crippen LogP contribution in [0.3, 0.4) is 0 Å². The van der Waals surface area contributed by atoms with Crippen LogP contribution >= 0.6 is 0 Å². The molecule has 2 heterocycles. The third-order valence-corrected chi connectivity index (χ3v) is 11.4. The Hall–Kier alpha value is -8.54. The summed E-state index contributed by atoms with van der Waals surface area (Å²) in [6.45, 7) is 0. The van der Waals surface area contributed by atoms with Crippen molar-refractivity contribution in [1.82, 2.24) is 19.9 Å². The van der Waals surface area contributed by atoms with Gasteiger partial charge in [-0.15, -0.1) is 0 Å². The molecule has 5 nitrogen and oxygen atoms in total. The standard InChI is InChI=1S/C58H39N5/c1-4-16-40(17-5-1)44-20-14-22-46(38-44)57-55(59-51-26-10-12-28-53(51)61-57)42-30-34-49(35-31-42)63(48-24-8-3-9-25-48)50-36-32-43(33-37-50)56-58(62-54-29-13-11-27-52(54)60-56)47-23-15-21-45(39-47)41-18-6-2-7-19-41/h1-39H. The van der Waals surface area contributed by atoms with Crippen molar-refractivity contribution in [3.8, 4) is 67.3 Å². The Kier molecular flexibility index (Phi) is 9.80. The minimum Gasteiger partial charge on any atom is -0.311 e. The number of anilines is 3. The Bertz CT molecular complexity index is 3160. The molecule has 0 unspecified atom stereocenters. The summed E-state index contributed by atoms with van der Waals surface area (Å²) in [6.07, 6.45) is 0. The van der Waals surface area contributed by atoms with Gasteiger partial charge in [-0.05, 0) is 95.1 Å². The first-order valence-corrected chi connectivity index (χ1v) is 21.1. The summed E-state index contributed by atoms with van der Waals surface area (Å²) in [5, 5.41) is 0. The molecule has 0 aliphatic rings. The SMILES string of the molecule is c1ccc(-c2cccc(-c3nc4ccccc4nc3-c3ccc(N(c4ccccc4)c4ccc(-c5nc6ccccc6nc5-c5cccc(-c6ccccc6)c5)cc4)cc3)c2)cc1. The Morgan fingerprint density at radius 3 is 0.873 bits per heavy atom. The molecule has 0 atom stereocenters. The van der Waals surface area contributed by atoms with Gasteiger partial charge in [-0.3, -0.25) is 0 Å². The Labute approximate surface area is 366 Å². The van der Waals surface area contributed by atoms with Gasteiger partial charge in [-0.1, -0.05) is 164 Å². The summed E-state index contributed by atoms with van der Waals surface area (Å²) in [4.78, 5) is 23.2. The van der Waals surface area contributed by atoms with E-state index in [1.54, 1.807) is 0 Å². The number of aromatic nitrogens is 4. The van der Waals surface area contributed by atoms with Crippen LogP contribution in [0.2, 0.25) is 0 Å². The topological polar surface area (TPSA) is 54.8 Å². The van der Waals surface area contributed by atoms with Crippen molar-refractivity contribution in [3.05, 3.63) is 237 Å². The van der Waals surface area contributed by atoms with Gasteiger partial charge in [0.15, 0.2) is 0 Å². The summed E-state index contributed by atoms with van der Waals surface area (Å²) < 4.78 is 0. The van der Waals surface area contributed by atoms with E-state index in [1.165, 1.54) is 0 Å². The lowest BCUT2D eigenvalue weighted by atomic mass is 9.98. The summed E-state index contributed by atoms with van der Waals surface area (Å²) in [7, 11) is 0. The maximum Gasteiger partial charge on any atom is 0.0973 e. The largest absolute Gasteiger partial charge is 0.311 e. The molecule has 0 spiro atoms. The number of rotatable bonds is 9. The summed E-state index contributed by atoms with van der Waals surface area (Å²) in [5.74, 6) is 0. The number of nitrogens with zero attached hydrogens (tertiary/aromatic N) is 5. The van der Waals surface area contributed by atoms with Crippen LogP contribution in [0.5, 0.6) is 0 Å². The monoisotopic (exact) mass is 805 g/mol. The van der Waals surface area contributed by atoms with E-state index >= 15 is 0 Å². The van der Waals surface area contributed by atoms with Crippen molar-refractivity contribution in [3.63, 3.8) is 0 Å². The van der Waals surface area contributed by atoms with E-state index < -0.39 is 0 Å². The van der Waals surface area contributed by atoms with E-state index in [-0.39, 0.29) is 0 Å². The second kappa shape index (κ2) is 16.5. The van der Waals surface area contributed by atoms with Crippen molar-refractivity contribution in [2.75, 3.05) is 4.90 Å². The van der Waals surface area contributed by atoms with Gasteiger partial charge in [-0.2, -0.15) is 0 Å². The molecule has 0 saturated heterocycles. The normalized spacial score (nSPS) is 11.2. The van der Waals surface area contributed by atoms with Crippen LogP contribution < -0.4 is 4.90 Å². The number of hydrogen-bond acceptors (Lipinski definition) is 5. The average Bonchev–Trinajstić information content (AvgIpc) is 3.37. The fourth-order valence-electron chi connectivity index (χ4n) is 8.32. The van der Waals surface area contributed by atoms with Crippen LogP contribution in [-0.2, 0) is 0 Å². The van der Waals surface area contributed by atoms with E-state index in [4.69, 9.17) is 19.9 Å². The predicted octanol–water partition coefficient (Wildman–Crippen LogP) is 15.0. The molecular weight excluding hydrogens is 767 g/mol. The van der Waals surface area contributed by atoms with Crippen LogP contribution in [0.1, 0.15) is 0 Å². The molecule has 0 fully saturated rings. The second-order valence-corrected chi connectivity index (χ2v) is 15.5. The van der Waals surface area contributed by atoms with Crippen LogP contribution in [-0.4, -0.2) is 19.9 Å². The van der Waals surface area contributed by atoms with Gasteiger partial charge in [0.25, 0.3) is 0 Å². The molecule has 9 aromatic carbocycles. The molecule has 5 heteroatoms.